The fourth-order valence-electron chi connectivity index (χ4n) is 1.09. The van der Waals surface area contributed by atoms with Crippen LogP contribution in [0.5, 0.6) is 0 Å². The minimum Gasteiger partial charge on any atom is -0.261 e. The molecule has 0 saturated heterocycles. The summed E-state index contributed by atoms with van der Waals surface area (Å²) in [5, 5.41) is 0. The van der Waals surface area contributed by atoms with Crippen LogP contribution in [0, 0.1) is 13.8 Å². The lowest BCUT2D eigenvalue weighted by Gasteiger charge is -2.01. The Morgan fingerprint density at radius 3 is 2.25 bits per heavy atom. The Hall–Kier alpha value is -0.850. The maximum atomic E-state index is 4.21. The monoisotopic (exact) mass is 165 g/mol. The minimum absolute atomic E-state index is 1.08. The molecular formula is C11H19N. The van der Waals surface area contributed by atoms with Gasteiger partial charge in [0.05, 0.1) is 0 Å². The normalized spacial score (nSPS) is 8.75. The second kappa shape index (κ2) is 5.76. The predicted molar refractivity (Wildman–Crippen MR) is 54.4 cm³/mol. The molecule has 1 heteroatoms. The van der Waals surface area contributed by atoms with Gasteiger partial charge in [0.25, 0.3) is 0 Å². The molecule has 1 aromatic heterocycles. The summed E-state index contributed by atoms with van der Waals surface area (Å²) in [7, 11) is 0. The van der Waals surface area contributed by atoms with E-state index in [1.54, 1.807) is 0 Å². The van der Waals surface area contributed by atoms with Crippen molar-refractivity contribution in [2.24, 2.45) is 0 Å². The summed E-state index contributed by atoms with van der Waals surface area (Å²) in [5.74, 6) is 0. The lowest BCUT2D eigenvalue weighted by molar-refractivity contribution is 1.05. The van der Waals surface area contributed by atoms with E-state index < -0.39 is 0 Å². The highest BCUT2D eigenvalue weighted by Crippen LogP contribution is 2.07. The summed E-state index contributed by atoms with van der Waals surface area (Å²) >= 11 is 0. The first-order valence-corrected chi connectivity index (χ1v) is 4.66. The van der Waals surface area contributed by atoms with Crippen LogP contribution in [-0.2, 0) is 6.42 Å². The molecule has 0 fully saturated rings. The Morgan fingerprint density at radius 2 is 1.83 bits per heavy atom. The van der Waals surface area contributed by atoms with Crippen LogP contribution in [-0.4, -0.2) is 4.98 Å². The van der Waals surface area contributed by atoms with Gasteiger partial charge in [-0.25, -0.2) is 0 Å². The van der Waals surface area contributed by atoms with Gasteiger partial charge >= 0.3 is 0 Å². The molecule has 0 aromatic carbocycles. The highest BCUT2D eigenvalue weighted by molar-refractivity contribution is 5.24. The van der Waals surface area contributed by atoms with E-state index in [0.717, 1.165) is 12.1 Å². The molecular weight excluding hydrogens is 146 g/mol. The quantitative estimate of drug-likeness (QED) is 0.622. The highest BCUT2D eigenvalue weighted by Gasteiger charge is 1.94. The van der Waals surface area contributed by atoms with Gasteiger partial charge in [0.2, 0.25) is 0 Å². The van der Waals surface area contributed by atoms with Crippen molar-refractivity contribution in [2.45, 2.75) is 41.0 Å². The smallest absolute Gasteiger partial charge is 0.0375 e. The van der Waals surface area contributed by atoms with E-state index >= 15 is 0 Å². The molecule has 12 heavy (non-hydrogen) atoms. The molecule has 0 aliphatic rings. The van der Waals surface area contributed by atoms with E-state index in [9.17, 15) is 0 Å². The predicted octanol–water partition coefficient (Wildman–Crippen LogP) is 3.29. The van der Waals surface area contributed by atoms with Crippen LogP contribution in [0.15, 0.2) is 12.3 Å². The second-order valence-corrected chi connectivity index (χ2v) is 2.61. The summed E-state index contributed by atoms with van der Waals surface area (Å²) in [6.07, 6.45) is 3.05. The second-order valence-electron chi connectivity index (χ2n) is 2.61. The third-order valence-corrected chi connectivity index (χ3v) is 1.74. The molecule has 1 nitrogen and oxygen atoms in total. The number of nitrogens with zero attached hydrogens (tertiary/aromatic N) is 1. The van der Waals surface area contributed by atoms with E-state index in [2.05, 4.69) is 24.9 Å². The van der Waals surface area contributed by atoms with Gasteiger partial charge in [-0.3, -0.25) is 4.98 Å². The van der Waals surface area contributed by atoms with Crippen LogP contribution in [0.3, 0.4) is 0 Å². The van der Waals surface area contributed by atoms with Gasteiger partial charge in [0, 0.05) is 11.9 Å². The van der Waals surface area contributed by atoms with E-state index in [1.165, 1.54) is 11.1 Å². The summed E-state index contributed by atoms with van der Waals surface area (Å²) < 4.78 is 0. The maximum Gasteiger partial charge on any atom is 0.0375 e. The average Bonchev–Trinajstić information content (AvgIpc) is 2.08. The molecule has 0 radical (unpaired) electrons. The molecule has 0 atom stereocenters. The maximum absolute atomic E-state index is 4.21. The molecule has 1 aromatic rings. The first-order chi connectivity index (χ1) is 5.74. The molecule has 0 spiro atoms. The largest absolute Gasteiger partial charge is 0.261 e. The zero-order valence-corrected chi connectivity index (χ0v) is 8.81. The van der Waals surface area contributed by atoms with Crippen LogP contribution in [0.2, 0.25) is 0 Å². The van der Waals surface area contributed by atoms with Crippen molar-refractivity contribution in [1.82, 2.24) is 4.98 Å². The van der Waals surface area contributed by atoms with Crippen LogP contribution >= 0.6 is 0 Å². The van der Waals surface area contributed by atoms with Gasteiger partial charge in [-0.2, -0.15) is 0 Å². The SMILES string of the molecule is CC.CCc1cnc(C)cc1C. The molecule has 0 aliphatic carbocycles. The number of hydrogen-bond acceptors (Lipinski definition) is 1. The van der Waals surface area contributed by atoms with Crippen molar-refractivity contribution < 1.29 is 0 Å². The van der Waals surface area contributed by atoms with Crippen LogP contribution < -0.4 is 0 Å². The first-order valence-electron chi connectivity index (χ1n) is 4.66. The van der Waals surface area contributed by atoms with Crippen LogP contribution in [0.1, 0.15) is 37.6 Å². The molecule has 0 unspecified atom stereocenters. The Morgan fingerprint density at radius 1 is 1.25 bits per heavy atom. The zero-order chi connectivity index (χ0) is 9.56. The van der Waals surface area contributed by atoms with Crippen molar-refractivity contribution in [2.75, 3.05) is 0 Å². The van der Waals surface area contributed by atoms with Gasteiger partial charge in [-0.1, -0.05) is 20.8 Å². The van der Waals surface area contributed by atoms with E-state index in [-0.39, 0.29) is 0 Å². The lowest BCUT2D eigenvalue weighted by atomic mass is 10.1. The number of aryl methyl sites for hydroxylation is 3. The van der Waals surface area contributed by atoms with Crippen LogP contribution in [0.4, 0.5) is 0 Å². The third-order valence-electron chi connectivity index (χ3n) is 1.74. The van der Waals surface area contributed by atoms with Crippen molar-refractivity contribution in [3.05, 3.63) is 29.1 Å². The molecule has 1 heterocycles. The Balaban J connectivity index is 0.000000561. The summed E-state index contributed by atoms with van der Waals surface area (Å²) in [6.45, 7) is 10.3. The van der Waals surface area contributed by atoms with Crippen molar-refractivity contribution >= 4 is 0 Å². The Kier molecular flexibility index (Phi) is 5.35. The van der Waals surface area contributed by atoms with Crippen molar-refractivity contribution in [1.29, 1.82) is 0 Å². The molecule has 0 bridgehead atoms. The standard InChI is InChI=1S/C9H13N.C2H6/c1-4-9-6-10-8(3)5-7(9)2;1-2/h5-6H,4H2,1-3H3;1-2H3. The molecule has 1 rings (SSSR count). The van der Waals surface area contributed by atoms with Gasteiger partial charge in [0.15, 0.2) is 0 Å². The molecule has 0 saturated carbocycles. The highest BCUT2D eigenvalue weighted by atomic mass is 14.7. The van der Waals surface area contributed by atoms with Gasteiger partial charge < -0.3 is 0 Å². The molecule has 0 N–H and O–H groups in total. The van der Waals surface area contributed by atoms with Crippen LogP contribution in [0.25, 0.3) is 0 Å². The third kappa shape index (κ3) is 3.04. The lowest BCUT2D eigenvalue weighted by Crippen LogP contribution is -1.89. The first kappa shape index (κ1) is 11.2. The Bertz CT molecular complexity index is 228. The summed E-state index contributed by atoms with van der Waals surface area (Å²) in [6, 6.07) is 2.12. The topological polar surface area (TPSA) is 12.9 Å². The van der Waals surface area contributed by atoms with E-state index in [0.29, 0.717) is 0 Å². The summed E-state index contributed by atoms with van der Waals surface area (Å²) in [4.78, 5) is 4.21. The van der Waals surface area contributed by atoms with E-state index in [1.807, 2.05) is 27.0 Å². The fraction of sp³-hybridized carbons (Fsp3) is 0.545. The number of rotatable bonds is 1. The van der Waals surface area contributed by atoms with Crippen molar-refractivity contribution in [3.63, 3.8) is 0 Å². The Labute approximate surface area is 75.8 Å². The van der Waals surface area contributed by atoms with E-state index in [4.69, 9.17) is 0 Å². The number of aromatic nitrogens is 1. The molecule has 68 valence electrons. The van der Waals surface area contributed by atoms with Gasteiger partial charge in [0.1, 0.15) is 0 Å². The number of hydrogen-bond donors (Lipinski definition) is 0. The molecule has 0 amide bonds. The average molecular weight is 165 g/mol. The number of pyridine rings is 1. The van der Waals surface area contributed by atoms with Gasteiger partial charge in [-0.15, -0.1) is 0 Å². The van der Waals surface area contributed by atoms with Gasteiger partial charge in [-0.05, 0) is 37.5 Å². The zero-order valence-electron chi connectivity index (χ0n) is 8.81. The fourth-order valence-corrected chi connectivity index (χ4v) is 1.09. The van der Waals surface area contributed by atoms with Crippen molar-refractivity contribution in [3.8, 4) is 0 Å². The minimum atomic E-state index is 1.08. The molecule has 0 aliphatic heterocycles. The summed E-state index contributed by atoms with van der Waals surface area (Å²) in [5.41, 5.74) is 3.82.